The Morgan fingerprint density at radius 3 is 2.62 bits per heavy atom. The summed E-state index contributed by atoms with van der Waals surface area (Å²) in [4.78, 5) is 39.5. The van der Waals surface area contributed by atoms with E-state index in [1.54, 1.807) is 26.8 Å². The molecular formula is C17H24N2O5. The topological polar surface area (TPSA) is 91.1 Å². The van der Waals surface area contributed by atoms with E-state index in [-0.39, 0.29) is 18.2 Å². The van der Waals surface area contributed by atoms with Gasteiger partial charge in [0.15, 0.2) is 5.78 Å². The van der Waals surface area contributed by atoms with Crippen LogP contribution in [0.5, 0.6) is 0 Å². The van der Waals surface area contributed by atoms with Crippen molar-refractivity contribution in [1.82, 2.24) is 9.80 Å². The van der Waals surface area contributed by atoms with Crippen molar-refractivity contribution >= 4 is 17.8 Å². The minimum absolute atomic E-state index is 0.0630. The molecule has 0 saturated carbocycles. The molecular weight excluding hydrogens is 312 g/mol. The first-order chi connectivity index (χ1) is 11.2. The fourth-order valence-electron chi connectivity index (χ4n) is 3.06. The van der Waals surface area contributed by atoms with Gasteiger partial charge >= 0.3 is 6.09 Å². The van der Waals surface area contributed by atoms with Crippen LogP contribution in [0.25, 0.3) is 0 Å². The highest BCUT2D eigenvalue weighted by Crippen LogP contribution is 2.25. The summed E-state index contributed by atoms with van der Waals surface area (Å²) < 4.78 is 4.90. The van der Waals surface area contributed by atoms with E-state index in [9.17, 15) is 19.5 Å². The second-order valence-electron chi connectivity index (χ2n) is 7.03. The molecule has 0 unspecified atom stereocenters. The number of amides is 2. The Balaban J connectivity index is 2.20. The summed E-state index contributed by atoms with van der Waals surface area (Å²) in [5.74, 6) is -0.517. The SMILES string of the molecule is CC(C)(C)N(C(=O)O)[C@H]1CCCCN(CC(=O)c2ccoc2)C1=O. The minimum Gasteiger partial charge on any atom is -0.472 e. The monoisotopic (exact) mass is 336 g/mol. The fourth-order valence-corrected chi connectivity index (χ4v) is 3.06. The second-order valence-corrected chi connectivity index (χ2v) is 7.03. The number of hydrogen-bond acceptors (Lipinski definition) is 4. The van der Waals surface area contributed by atoms with Gasteiger partial charge in [0.05, 0.1) is 18.4 Å². The van der Waals surface area contributed by atoms with Gasteiger partial charge < -0.3 is 14.4 Å². The lowest BCUT2D eigenvalue weighted by molar-refractivity contribution is -0.137. The summed E-state index contributed by atoms with van der Waals surface area (Å²) in [6, 6.07) is 0.794. The van der Waals surface area contributed by atoms with E-state index >= 15 is 0 Å². The zero-order chi connectivity index (χ0) is 17.9. The van der Waals surface area contributed by atoms with Crippen LogP contribution in [0, 0.1) is 0 Å². The van der Waals surface area contributed by atoms with Gasteiger partial charge in [-0.1, -0.05) is 0 Å². The number of hydrogen-bond donors (Lipinski definition) is 1. The lowest BCUT2D eigenvalue weighted by Gasteiger charge is -2.39. The Bertz CT molecular complexity index is 603. The Kier molecular flexibility index (Phi) is 5.31. The van der Waals surface area contributed by atoms with E-state index in [1.165, 1.54) is 22.3 Å². The number of ketones is 1. The summed E-state index contributed by atoms with van der Waals surface area (Å²) in [5, 5.41) is 9.56. The third-order valence-electron chi connectivity index (χ3n) is 4.17. The molecule has 0 aromatic carbocycles. The van der Waals surface area contributed by atoms with E-state index in [0.717, 1.165) is 12.8 Å². The maximum atomic E-state index is 12.9. The standard InChI is InChI=1S/C17H24N2O5/c1-17(2,3)19(16(22)23)13-6-4-5-8-18(15(13)21)10-14(20)12-7-9-24-11-12/h7,9,11,13H,4-6,8,10H2,1-3H3,(H,22,23)/t13-/m0/s1. The van der Waals surface area contributed by atoms with Crippen molar-refractivity contribution in [2.75, 3.05) is 13.1 Å². The first-order valence-electron chi connectivity index (χ1n) is 8.08. The van der Waals surface area contributed by atoms with Crippen molar-refractivity contribution in [3.05, 3.63) is 24.2 Å². The maximum Gasteiger partial charge on any atom is 0.408 e. The van der Waals surface area contributed by atoms with Crippen molar-refractivity contribution < 1.29 is 23.9 Å². The molecule has 1 aromatic heterocycles. The summed E-state index contributed by atoms with van der Waals surface area (Å²) in [5.41, 5.74) is -0.286. The third kappa shape index (κ3) is 3.96. The van der Waals surface area contributed by atoms with Crippen LogP contribution in [-0.2, 0) is 4.79 Å². The number of carbonyl (C=O) groups excluding carboxylic acids is 2. The number of carbonyl (C=O) groups is 3. The van der Waals surface area contributed by atoms with Gasteiger partial charge in [0.1, 0.15) is 12.3 Å². The van der Waals surface area contributed by atoms with Gasteiger partial charge in [-0.05, 0) is 46.1 Å². The highest BCUT2D eigenvalue weighted by molar-refractivity contribution is 5.99. The van der Waals surface area contributed by atoms with E-state index in [2.05, 4.69) is 0 Å². The van der Waals surface area contributed by atoms with Crippen LogP contribution in [0.4, 0.5) is 4.79 Å². The number of furan rings is 1. The largest absolute Gasteiger partial charge is 0.472 e. The van der Waals surface area contributed by atoms with Gasteiger partial charge in [-0.25, -0.2) is 4.79 Å². The van der Waals surface area contributed by atoms with Crippen LogP contribution in [0.2, 0.25) is 0 Å². The molecule has 0 spiro atoms. The Morgan fingerprint density at radius 2 is 2.08 bits per heavy atom. The molecule has 132 valence electrons. The van der Waals surface area contributed by atoms with Crippen molar-refractivity contribution in [1.29, 1.82) is 0 Å². The van der Waals surface area contributed by atoms with E-state index < -0.39 is 17.7 Å². The molecule has 2 heterocycles. The maximum absolute atomic E-state index is 12.9. The molecule has 1 atom stereocenters. The highest BCUT2D eigenvalue weighted by Gasteiger charge is 2.40. The predicted molar refractivity (Wildman–Crippen MR) is 86.9 cm³/mol. The Labute approximate surface area is 141 Å². The van der Waals surface area contributed by atoms with Gasteiger partial charge in [0.25, 0.3) is 0 Å². The number of rotatable bonds is 4. The van der Waals surface area contributed by atoms with E-state index in [0.29, 0.717) is 18.5 Å². The van der Waals surface area contributed by atoms with Gasteiger partial charge in [-0.15, -0.1) is 0 Å². The van der Waals surface area contributed by atoms with Crippen molar-refractivity contribution in [3.63, 3.8) is 0 Å². The molecule has 1 N–H and O–H groups in total. The minimum atomic E-state index is -1.12. The molecule has 1 fully saturated rings. The molecule has 7 nitrogen and oxygen atoms in total. The first kappa shape index (κ1) is 18.0. The smallest absolute Gasteiger partial charge is 0.408 e. The summed E-state index contributed by atoms with van der Waals surface area (Å²) in [7, 11) is 0. The number of nitrogens with zero attached hydrogens (tertiary/aromatic N) is 2. The van der Waals surface area contributed by atoms with Crippen LogP contribution in [0.15, 0.2) is 23.0 Å². The predicted octanol–water partition coefficient (Wildman–Crippen LogP) is 2.62. The summed E-state index contributed by atoms with van der Waals surface area (Å²) >= 11 is 0. The average molecular weight is 336 g/mol. The van der Waals surface area contributed by atoms with Gasteiger partial charge in [-0.3, -0.25) is 14.5 Å². The van der Waals surface area contributed by atoms with Crippen molar-refractivity contribution in [3.8, 4) is 0 Å². The van der Waals surface area contributed by atoms with Crippen LogP contribution in [0.3, 0.4) is 0 Å². The second kappa shape index (κ2) is 7.07. The molecule has 1 aliphatic rings. The molecule has 1 aliphatic heterocycles. The fraction of sp³-hybridized carbons (Fsp3) is 0.588. The quantitative estimate of drug-likeness (QED) is 0.854. The Morgan fingerprint density at radius 1 is 1.38 bits per heavy atom. The third-order valence-corrected chi connectivity index (χ3v) is 4.17. The molecule has 0 radical (unpaired) electrons. The van der Waals surface area contributed by atoms with Gasteiger partial charge in [-0.2, -0.15) is 0 Å². The molecule has 0 bridgehead atoms. The highest BCUT2D eigenvalue weighted by atomic mass is 16.4. The van der Waals surface area contributed by atoms with Gasteiger partial charge in [0, 0.05) is 12.1 Å². The van der Waals surface area contributed by atoms with Crippen molar-refractivity contribution in [2.24, 2.45) is 0 Å². The molecule has 24 heavy (non-hydrogen) atoms. The van der Waals surface area contributed by atoms with Crippen LogP contribution in [0.1, 0.15) is 50.4 Å². The normalized spacial score (nSPS) is 19.0. The lowest BCUT2D eigenvalue weighted by atomic mass is 10.00. The molecule has 1 aromatic rings. The van der Waals surface area contributed by atoms with Crippen LogP contribution >= 0.6 is 0 Å². The molecule has 7 heteroatoms. The molecule has 0 aliphatic carbocycles. The number of likely N-dealkylation sites (tertiary alicyclic amines) is 1. The van der Waals surface area contributed by atoms with E-state index in [1.807, 2.05) is 0 Å². The number of Topliss-reactive ketones (excluding diaryl/α,β-unsaturated/α-hetero) is 1. The first-order valence-corrected chi connectivity index (χ1v) is 8.08. The van der Waals surface area contributed by atoms with Gasteiger partial charge in [0.2, 0.25) is 5.91 Å². The average Bonchev–Trinajstić information content (AvgIpc) is 2.95. The molecule has 1 saturated heterocycles. The lowest BCUT2D eigenvalue weighted by Crippen LogP contribution is -2.57. The van der Waals surface area contributed by atoms with Crippen LogP contribution < -0.4 is 0 Å². The Hall–Kier alpha value is -2.31. The summed E-state index contributed by atoms with van der Waals surface area (Å²) in [6.07, 6.45) is 3.60. The zero-order valence-corrected chi connectivity index (χ0v) is 14.3. The molecule has 2 amide bonds. The summed E-state index contributed by atoms with van der Waals surface area (Å²) in [6.45, 7) is 5.68. The van der Waals surface area contributed by atoms with E-state index in [4.69, 9.17) is 4.42 Å². The van der Waals surface area contributed by atoms with Crippen LogP contribution in [-0.4, -0.2) is 57.4 Å². The molecule has 2 rings (SSSR count). The number of carboxylic acid groups (broad SMARTS) is 1. The van der Waals surface area contributed by atoms with Crippen molar-refractivity contribution in [2.45, 2.75) is 51.6 Å². The zero-order valence-electron chi connectivity index (χ0n) is 14.3.